The Morgan fingerprint density at radius 3 is 2.88 bits per heavy atom. The molecule has 0 radical (unpaired) electrons. The highest BCUT2D eigenvalue weighted by atomic mass is 32.2. The van der Waals surface area contributed by atoms with E-state index >= 15 is 0 Å². The van der Waals surface area contributed by atoms with E-state index in [2.05, 4.69) is 22.0 Å². The fraction of sp³-hybridized carbons (Fsp3) is 1.00. The molecule has 1 atom stereocenters. The van der Waals surface area contributed by atoms with E-state index in [0.717, 1.165) is 31.6 Å². The number of ether oxygens (including phenoxy) is 1. The third-order valence-corrected chi connectivity index (χ3v) is 4.98. The molecule has 0 saturated carbocycles. The van der Waals surface area contributed by atoms with Crippen molar-refractivity contribution >= 4 is 11.8 Å². The molecule has 3 nitrogen and oxygen atoms in total. The van der Waals surface area contributed by atoms with Crippen LogP contribution in [0.15, 0.2) is 0 Å². The maximum atomic E-state index is 5.35. The lowest BCUT2D eigenvalue weighted by Crippen LogP contribution is -2.38. The number of nitrogens with zero attached hydrogens (tertiary/aromatic N) is 1. The van der Waals surface area contributed by atoms with E-state index in [9.17, 15) is 0 Å². The van der Waals surface area contributed by atoms with Crippen molar-refractivity contribution in [2.75, 3.05) is 51.7 Å². The SMILES string of the molecule is C1CCC(CNCCCN2CCOCC2)SC1. The van der Waals surface area contributed by atoms with Crippen molar-refractivity contribution in [3.63, 3.8) is 0 Å². The minimum atomic E-state index is 0.882. The maximum absolute atomic E-state index is 5.35. The maximum Gasteiger partial charge on any atom is 0.0594 e. The largest absolute Gasteiger partial charge is 0.379 e. The van der Waals surface area contributed by atoms with Crippen molar-refractivity contribution in [3.05, 3.63) is 0 Å². The molecule has 1 unspecified atom stereocenters. The monoisotopic (exact) mass is 258 g/mol. The highest BCUT2D eigenvalue weighted by molar-refractivity contribution is 7.99. The number of morpholine rings is 1. The van der Waals surface area contributed by atoms with Crippen LogP contribution in [0.2, 0.25) is 0 Å². The van der Waals surface area contributed by atoms with E-state index in [1.165, 1.54) is 51.1 Å². The average molecular weight is 258 g/mol. The molecule has 2 aliphatic heterocycles. The van der Waals surface area contributed by atoms with Gasteiger partial charge < -0.3 is 10.1 Å². The van der Waals surface area contributed by atoms with Gasteiger partial charge in [-0.15, -0.1) is 0 Å². The van der Waals surface area contributed by atoms with E-state index in [4.69, 9.17) is 4.74 Å². The van der Waals surface area contributed by atoms with Gasteiger partial charge in [0.2, 0.25) is 0 Å². The predicted molar refractivity (Wildman–Crippen MR) is 74.8 cm³/mol. The highest BCUT2D eigenvalue weighted by Crippen LogP contribution is 2.24. The zero-order valence-corrected chi connectivity index (χ0v) is 11.6. The van der Waals surface area contributed by atoms with Crippen LogP contribution in [0.25, 0.3) is 0 Å². The second-order valence-electron chi connectivity index (χ2n) is 5.00. The Hall–Kier alpha value is 0.230. The number of nitrogens with one attached hydrogen (secondary N) is 1. The molecule has 2 saturated heterocycles. The second kappa shape index (κ2) is 8.35. The van der Waals surface area contributed by atoms with Gasteiger partial charge >= 0.3 is 0 Å². The van der Waals surface area contributed by atoms with Crippen molar-refractivity contribution in [2.45, 2.75) is 30.9 Å². The minimum absolute atomic E-state index is 0.882. The molecule has 0 bridgehead atoms. The Morgan fingerprint density at radius 1 is 1.24 bits per heavy atom. The van der Waals surface area contributed by atoms with Gasteiger partial charge in [-0.1, -0.05) is 6.42 Å². The molecule has 2 rings (SSSR count). The molecule has 0 aromatic heterocycles. The van der Waals surface area contributed by atoms with Crippen molar-refractivity contribution in [1.82, 2.24) is 10.2 Å². The second-order valence-corrected chi connectivity index (χ2v) is 6.41. The summed E-state index contributed by atoms with van der Waals surface area (Å²) in [6.07, 6.45) is 5.56. The zero-order chi connectivity index (χ0) is 11.8. The average Bonchev–Trinajstić information content (AvgIpc) is 2.41. The summed E-state index contributed by atoms with van der Waals surface area (Å²) >= 11 is 2.16. The summed E-state index contributed by atoms with van der Waals surface area (Å²) in [7, 11) is 0. The van der Waals surface area contributed by atoms with Crippen LogP contribution in [0, 0.1) is 0 Å². The molecule has 100 valence electrons. The van der Waals surface area contributed by atoms with Gasteiger partial charge in [0, 0.05) is 24.9 Å². The highest BCUT2D eigenvalue weighted by Gasteiger charge is 2.13. The summed E-state index contributed by atoms with van der Waals surface area (Å²) in [5, 5.41) is 4.50. The van der Waals surface area contributed by atoms with Crippen LogP contribution in [0.3, 0.4) is 0 Å². The normalized spacial score (nSPS) is 27.2. The summed E-state index contributed by atoms with van der Waals surface area (Å²) in [6, 6.07) is 0. The topological polar surface area (TPSA) is 24.5 Å². The van der Waals surface area contributed by atoms with Gasteiger partial charge in [-0.3, -0.25) is 4.90 Å². The van der Waals surface area contributed by atoms with Crippen molar-refractivity contribution in [2.24, 2.45) is 0 Å². The van der Waals surface area contributed by atoms with Gasteiger partial charge in [0.15, 0.2) is 0 Å². The van der Waals surface area contributed by atoms with Gasteiger partial charge in [-0.2, -0.15) is 11.8 Å². The molecule has 1 N–H and O–H groups in total. The van der Waals surface area contributed by atoms with E-state index in [1.54, 1.807) is 0 Å². The summed E-state index contributed by atoms with van der Waals surface area (Å²) < 4.78 is 5.35. The lowest BCUT2D eigenvalue weighted by atomic mass is 10.2. The summed E-state index contributed by atoms with van der Waals surface area (Å²) in [5.74, 6) is 1.38. The zero-order valence-electron chi connectivity index (χ0n) is 10.8. The molecule has 2 fully saturated rings. The van der Waals surface area contributed by atoms with Gasteiger partial charge in [0.05, 0.1) is 13.2 Å². The van der Waals surface area contributed by atoms with Gasteiger partial charge in [0.25, 0.3) is 0 Å². The molecular weight excluding hydrogens is 232 g/mol. The Morgan fingerprint density at radius 2 is 2.12 bits per heavy atom. The Kier molecular flexibility index (Phi) is 6.71. The number of rotatable bonds is 6. The summed E-state index contributed by atoms with van der Waals surface area (Å²) in [4.78, 5) is 2.51. The van der Waals surface area contributed by atoms with Crippen LogP contribution in [0.5, 0.6) is 0 Å². The summed E-state index contributed by atoms with van der Waals surface area (Å²) in [6.45, 7) is 7.71. The fourth-order valence-electron chi connectivity index (χ4n) is 2.48. The third kappa shape index (κ3) is 5.60. The first kappa shape index (κ1) is 13.7. The van der Waals surface area contributed by atoms with E-state index in [1.807, 2.05) is 0 Å². The lowest BCUT2D eigenvalue weighted by molar-refractivity contribution is 0.0374. The van der Waals surface area contributed by atoms with Gasteiger partial charge in [-0.25, -0.2) is 0 Å². The lowest BCUT2D eigenvalue weighted by Gasteiger charge is -2.26. The Bertz CT molecular complexity index is 172. The first-order chi connectivity index (χ1) is 8.45. The Balaban J connectivity index is 1.42. The van der Waals surface area contributed by atoms with Crippen LogP contribution in [0.4, 0.5) is 0 Å². The molecular formula is C13H26N2OS. The van der Waals surface area contributed by atoms with Crippen molar-refractivity contribution in [1.29, 1.82) is 0 Å². The van der Waals surface area contributed by atoms with Crippen molar-refractivity contribution < 1.29 is 4.74 Å². The van der Waals surface area contributed by atoms with Gasteiger partial charge in [-0.05, 0) is 38.1 Å². The molecule has 4 heteroatoms. The van der Waals surface area contributed by atoms with Gasteiger partial charge in [0.1, 0.15) is 0 Å². The first-order valence-electron chi connectivity index (χ1n) is 7.07. The van der Waals surface area contributed by atoms with Crippen LogP contribution < -0.4 is 5.32 Å². The molecule has 0 aromatic carbocycles. The molecule has 2 heterocycles. The minimum Gasteiger partial charge on any atom is -0.379 e. The van der Waals surface area contributed by atoms with E-state index < -0.39 is 0 Å². The molecule has 2 aliphatic rings. The van der Waals surface area contributed by atoms with E-state index in [-0.39, 0.29) is 0 Å². The molecule has 0 spiro atoms. The Labute approximate surface area is 110 Å². The molecule has 0 aliphatic carbocycles. The smallest absolute Gasteiger partial charge is 0.0594 e. The van der Waals surface area contributed by atoms with Crippen molar-refractivity contribution in [3.8, 4) is 0 Å². The quantitative estimate of drug-likeness (QED) is 0.731. The predicted octanol–water partition coefficient (Wildman–Crippen LogP) is 1.58. The van der Waals surface area contributed by atoms with Crippen LogP contribution >= 0.6 is 11.8 Å². The number of thioether (sulfide) groups is 1. The number of hydrogen-bond donors (Lipinski definition) is 1. The van der Waals surface area contributed by atoms with Crippen LogP contribution in [0.1, 0.15) is 25.7 Å². The standard InChI is InChI=1S/C13H26N2OS/c1-2-11-17-13(4-1)12-14-5-3-6-15-7-9-16-10-8-15/h13-14H,1-12H2. The molecule has 0 amide bonds. The number of hydrogen-bond acceptors (Lipinski definition) is 4. The fourth-order valence-corrected chi connectivity index (χ4v) is 3.76. The molecule has 0 aromatic rings. The van der Waals surface area contributed by atoms with Crippen LogP contribution in [-0.2, 0) is 4.74 Å². The summed E-state index contributed by atoms with van der Waals surface area (Å²) in [5.41, 5.74) is 0. The molecule has 17 heavy (non-hydrogen) atoms. The third-order valence-electron chi connectivity index (χ3n) is 3.58. The first-order valence-corrected chi connectivity index (χ1v) is 8.12. The van der Waals surface area contributed by atoms with E-state index in [0.29, 0.717) is 0 Å². The van der Waals surface area contributed by atoms with Crippen LogP contribution in [-0.4, -0.2) is 61.8 Å².